The summed E-state index contributed by atoms with van der Waals surface area (Å²) >= 11 is 5.97. The lowest BCUT2D eigenvalue weighted by atomic mass is 10.0. The van der Waals surface area contributed by atoms with Crippen molar-refractivity contribution in [3.63, 3.8) is 0 Å². The fraction of sp³-hybridized carbons (Fsp3) is 0.0968. The van der Waals surface area contributed by atoms with Crippen LogP contribution < -0.4 is 10.1 Å². The first kappa shape index (κ1) is 26.0. The maximum atomic E-state index is 13.0. The van der Waals surface area contributed by atoms with Crippen molar-refractivity contribution in [2.24, 2.45) is 0 Å². The molecule has 0 saturated heterocycles. The van der Waals surface area contributed by atoms with Gasteiger partial charge in [-0.1, -0.05) is 60.1 Å². The van der Waals surface area contributed by atoms with Crippen LogP contribution in [0.1, 0.15) is 21.7 Å². The van der Waals surface area contributed by atoms with Crippen molar-refractivity contribution in [2.45, 2.75) is 19.1 Å². The Morgan fingerprint density at radius 1 is 0.872 bits per heavy atom. The number of carboxylic acid groups (broad SMARTS) is 1. The van der Waals surface area contributed by atoms with Crippen LogP contribution in [0, 0.1) is 5.82 Å². The molecule has 1 atom stereocenters. The van der Waals surface area contributed by atoms with Gasteiger partial charge in [-0.25, -0.2) is 9.18 Å². The summed E-state index contributed by atoms with van der Waals surface area (Å²) < 4.78 is 24.5. The molecule has 0 aliphatic carbocycles. The zero-order chi connectivity index (χ0) is 27.4. The molecule has 196 valence electrons. The van der Waals surface area contributed by atoms with Gasteiger partial charge in [-0.3, -0.25) is 4.79 Å². The Morgan fingerprint density at radius 2 is 1.54 bits per heavy atom. The van der Waals surface area contributed by atoms with Gasteiger partial charge in [0, 0.05) is 16.8 Å². The predicted octanol–water partition coefficient (Wildman–Crippen LogP) is 6.90. The van der Waals surface area contributed by atoms with E-state index in [1.807, 2.05) is 30.3 Å². The van der Waals surface area contributed by atoms with Gasteiger partial charge in [-0.2, -0.15) is 0 Å². The fourth-order valence-corrected chi connectivity index (χ4v) is 4.23. The van der Waals surface area contributed by atoms with Crippen molar-refractivity contribution in [1.29, 1.82) is 0 Å². The highest BCUT2D eigenvalue weighted by Crippen LogP contribution is 2.28. The molecule has 0 aliphatic rings. The molecule has 1 amide bonds. The molecule has 5 aromatic rings. The van der Waals surface area contributed by atoms with Crippen LogP contribution in [0.2, 0.25) is 5.02 Å². The van der Waals surface area contributed by atoms with Crippen molar-refractivity contribution in [2.75, 3.05) is 0 Å². The lowest BCUT2D eigenvalue weighted by Gasteiger charge is -2.14. The number of fused-ring (bicyclic) bond motifs is 1. The Morgan fingerprint density at radius 3 is 2.23 bits per heavy atom. The number of amides is 1. The predicted molar refractivity (Wildman–Crippen MR) is 146 cm³/mol. The molecule has 0 radical (unpaired) electrons. The van der Waals surface area contributed by atoms with Crippen LogP contribution in [0.5, 0.6) is 5.75 Å². The first-order valence-electron chi connectivity index (χ1n) is 12.1. The minimum absolute atomic E-state index is 0.0223. The molecule has 0 bridgehead atoms. The van der Waals surface area contributed by atoms with E-state index < -0.39 is 17.9 Å². The molecule has 2 N–H and O–H groups in total. The van der Waals surface area contributed by atoms with Crippen molar-refractivity contribution in [3.05, 3.63) is 125 Å². The van der Waals surface area contributed by atoms with E-state index in [-0.39, 0.29) is 24.6 Å². The number of benzene rings is 4. The first-order valence-corrected chi connectivity index (χ1v) is 12.5. The number of aliphatic carboxylic acids is 1. The van der Waals surface area contributed by atoms with E-state index in [0.29, 0.717) is 21.9 Å². The van der Waals surface area contributed by atoms with E-state index in [2.05, 4.69) is 5.32 Å². The Hall–Kier alpha value is -4.62. The number of carbonyl (C=O) groups excluding carboxylic acids is 1. The van der Waals surface area contributed by atoms with Crippen molar-refractivity contribution < 1.29 is 28.2 Å². The quantitative estimate of drug-likeness (QED) is 0.211. The van der Waals surface area contributed by atoms with Gasteiger partial charge in [0.2, 0.25) is 0 Å². The van der Waals surface area contributed by atoms with Crippen LogP contribution >= 0.6 is 11.6 Å². The molecule has 0 unspecified atom stereocenters. The molecule has 4 aromatic carbocycles. The first-order chi connectivity index (χ1) is 18.8. The maximum Gasteiger partial charge on any atom is 0.326 e. The highest BCUT2D eigenvalue weighted by atomic mass is 35.5. The van der Waals surface area contributed by atoms with Crippen LogP contribution in [0.4, 0.5) is 4.39 Å². The molecule has 6 nitrogen and oxygen atoms in total. The molecular weight excluding hydrogens is 521 g/mol. The maximum absolute atomic E-state index is 13.0. The van der Waals surface area contributed by atoms with E-state index in [0.717, 1.165) is 22.1 Å². The lowest BCUT2D eigenvalue weighted by Crippen LogP contribution is -2.42. The second-order valence-electron chi connectivity index (χ2n) is 9.00. The average molecular weight is 544 g/mol. The number of carbonyl (C=O) groups is 2. The highest BCUT2D eigenvalue weighted by molar-refractivity contribution is 6.30. The highest BCUT2D eigenvalue weighted by Gasteiger charge is 2.23. The van der Waals surface area contributed by atoms with Gasteiger partial charge in [0.15, 0.2) is 5.76 Å². The standard InChI is InChI=1S/C31H23ClFNO5/c32-24-9-7-21(8-10-24)22-5-6-23-17-29(39-28(23)16-22)30(35)34-27(31(36)37)15-19-3-13-26(14-4-19)38-18-20-1-11-25(33)12-2-20/h1-14,16-17,27H,15,18H2,(H,34,35)(H,36,37)/t27-/m0/s1. The third kappa shape index (κ3) is 6.45. The van der Waals surface area contributed by atoms with Gasteiger partial charge in [-0.15, -0.1) is 0 Å². The number of carboxylic acids is 1. The van der Waals surface area contributed by atoms with Gasteiger partial charge in [0.1, 0.15) is 29.8 Å². The summed E-state index contributed by atoms with van der Waals surface area (Å²) in [5.74, 6) is -1.49. The van der Waals surface area contributed by atoms with Crippen LogP contribution in [0.3, 0.4) is 0 Å². The number of rotatable bonds is 9. The van der Waals surface area contributed by atoms with E-state index in [4.69, 9.17) is 20.8 Å². The second-order valence-corrected chi connectivity index (χ2v) is 9.43. The molecule has 5 rings (SSSR count). The third-order valence-electron chi connectivity index (χ3n) is 6.21. The third-order valence-corrected chi connectivity index (χ3v) is 6.46. The summed E-state index contributed by atoms with van der Waals surface area (Å²) in [5.41, 5.74) is 3.88. The zero-order valence-corrected chi connectivity index (χ0v) is 21.3. The van der Waals surface area contributed by atoms with Gasteiger partial charge in [0.25, 0.3) is 5.91 Å². The lowest BCUT2D eigenvalue weighted by molar-refractivity contribution is -0.139. The Kier molecular flexibility index (Phi) is 7.61. The van der Waals surface area contributed by atoms with Crippen molar-refractivity contribution in [3.8, 4) is 16.9 Å². The largest absolute Gasteiger partial charge is 0.489 e. The number of hydrogen-bond acceptors (Lipinski definition) is 4. The summed E-state index contributed by atoms with van der Waals surface area (Å²) in [5, 5.41) is 13.6. The number of furan rings is 1. The van der Waals surface area contributed by atoms with E-state index in [9.17, 15) is 19.1 Å². The Balaban J connectivity index is 1.23. The van der Waals surface area contributed by atoms with E-state index in [1.54, 1.807) is 54.6 Å². The summed E-state index contributed by atoms with van der Waals surface area (Å²) in [7, 11) is 0. The second kappa shape index (κ2) is 11.4. The minimum atomic E-state index is -1.17. The van der Waals surface area contributed by atoms with Gasteiger partial charge >= 0.3 is 5.97 Å². The summed E-state index contributed by atoms with van der Waals surface area (Å²) in [6.07, 6.45) is 0.0697. The van der Waals surface area contributed by atoms with Gasteiger partial charge in [-0.05, 0) is 70.8 Å². The minimum Gasteiger partial charge on any atom is -0.489 e. The van der Waals surface area contributed by atoms with E-state index >= 15 is 0 Å². The molecule has 1 heterocycles. The zero-order valence-electron chi connectivity index (χ0n) is 20.6. The molecule has 8 heteroatoms. The number of nitrogens with one attached hydrogen (secondary N) is 1. The van der Waals surface area contributed by atoms with Gasteiger partial charge in [0.05, 0.1) is 0 Å². The van der Waals surface area contributed by atoms with Gasteiger partial charge < -0.3 is 19.6 Å². The molecule has 0 fully saturated rings. The SMILES string of the molecule is O=C(N[C@@H](Cc1ccc(OCc2ccc(F)cc2)cc1)C(=O)O)c1cc2ccc(-c3ccc(Cl)cc3)cc2o1. The normalized spacial score (nSPS) is 11.7. The molecule has 1 aromatic heterocycles. The van der Waals surface area contributed by atoms with Crippen LogP contribution in [-0.4, -0.2) is 23.0 Å². The summed E-state index contributed by atoms with van der Waals surface area (Å²) in [6, 6.07) is 26.3. The van der Waals surface area contributed by atoms with Crippen LogP contribution in [0.25, 0.3) is 22.1 Å². The summed E-state index contributed by atoms with van der Waals surface area (Å²) in [4.78, 5) is 24.8. The fourth-order valence-electron chi connectivity index (χ4n) is 4.10. The number of ether oxygens (including phenoxy) is 1. The van der Waals surface area contributed by atoms with Crippen molar-refractivity contribution in [1.82, 2.24) is 5.32 Å². The molecule has 0 saturated carbocycles. The smallest absolute Gasteiger partial charge is 0.326 e. The topological polar surface area (TPSA) is 88.8 Å². The monoisotopic (exact) mass is 543 g/mol. The Labute approximate surface area is 228 Å². The van der Waals surface area contributed by atoms with Crippen molar-refractivity contribution >= 4 is 34.4 Å². The number of hydrogen-bond donors (Lipinski definition) is 2. The average Bonchev–Trinajstić information content (AvgIpc) is 3.37. The molecular formula is C31H23ClFNO5. The van der Waals surface area contributed by atoms with E-state index in [1.165, 1.54) is 12.1 Å². The summed E-state index contributed by atoms with van der Waals surface area (Å²) in [6.45, 7) is 0.270. The van der Waals surface area contributed by atoms with Crippen LogP contribution in [0.15, 0.2) is 101 Å². The Bertz CT molecular complexity index is 1610. The van der Waals surface area contributed by atoms with Crippen LogP contribution in [-0.2, 0) is 17.8 Å². The molecule has 0 aliphatic heterocycles. The molecule has 39 heavy (non-hydrogen) atoms. The molecule has 0 spiro atoms. The number of halogens is 2.